The summed E-state index contributed by atoms with van der Waals surface area (Å²) in [7, 11) is -3.76. The standard InChI is InChI=1S/C12H19N3O4S2/c1-12(2)5-3-4-8(7-12)14-21(18,19)10-6-9(15(16)17)11(13)20-10/h6,8,14H,3-5,7,13H2,1-2H3. The van der Waals surface area contributed by atoms with Crippen LogP contribution in [0.3, 0.4) is 0 Å². The van der Waals surface area contributed by atoms with E-state index >= 15 is 0 Å². The van der Waals surface area contributed by atoms with E-state index in [1.165, 1.54) is 0 Å². The van der Waals surface area contributed by atoms with Gasteiger partial charge in [-0.1, -0.05) is 31.6 Å². The first kappa shape index (κ1) is 16.2. The number of thiophene rings is 1. The van der Waals surface area contributed by atoms with Crippen LogP contribution in [0.25, 0.3) is 0 Å². The van der Waals surface area contributed by atoms with Crippen LogP contribution < -0.4 is 10.5 Å². The molecule has 1 aromatic rings. The Morgan fingerprint density at radius 1 is 1.52 bits per heavy atom. The SMILES string of the molecule is CC1(C)CCCC(NS(=O)(=O)c2cc([N+](=O)[O-])c(N)s2)C1. The summed E-state index contributed by atoms with van der Waals surface area (Å²) in [6.07, 6.45) is 3.58. The molecule has 0 radical (unpaired) electrons. The second kappa shape index (κ2) is 5.54. The Hall–Kier alpha value is -1.19. The zero-order chi connectivity index (χ0) is 15.8. The van der Waals surface area contributed by atoms with Crippen LogP contribution >= 0.6 is 11.3 Å². The molecule has 1 heterocycles. The fourth-order valence-electron chi connectivity index (χ4n) is 2.72. The Bertz CT molecular complexity index is 651. The lowest BCUT2D eigenvalue weighted by atomic mass is 9.75. The van der Waals surface area contributed by atoms with Crippen LogP contribution in [-0.2, 0) is 10.0 Å². The van der Waals surface area contributed by atoms with E-state index in [0.29, 0.717) is 0 Å². The van der Waals surface area contributed by atoms with Crippen molar-refractivity contribution < 1.29 is 13.3 Å². The minimum absolute atomic E-state index is 0.0932. The van der Waals surface area contributed by atoms with Crippen molar-refractivity contribution in [3.05, 3.63) is 16.2 Å². The lowest BCUT2D eigenvalue weighted by Crippen LogP contribution is -2.40. The number of nitro groups is 1. The average molecular weight is 333 g/mol. The van der Waals surface area contributed by atoms with Crippen LogP contribution in [0.5, 0.6) is 0 Å². The Balaban J connectivity index is 2.19. The van der Waals surface area contributed by atoms with Crippen LogP contribution in [-0.4, -0.2) is 19.4 Å². The fourth-order valence-corrected chi connectivity index (χ4v) is 5.23. The van der Waals surface area contributed by atoms with Gasteiger partial charge >= 0.3 is 5.69 Å². The Kier molecular flexibility index (Phi) is 4.27. The van der Waals surface area contributed by atoms with E-state index in [-0.39, 0.29) is 26.4 Å². The van der Waals surface area contributed by atoms with Crippen LogP contribution in [0.4, 0.5) is 10.7 Å². The van der Waals surface area contributed by atoms with Gasteiger partial charge in [0.2, 0.25) is 0 Å². The first-order valence-electron chi connectivity index (χ1n) is 6.67. The molecular formula is C12H19N3O4S2. The van der Waals surface area contributed by atoms with Gasteiger partial charge in [0.05, 0.1) is 4.92 Å². The van der Waals surface area contributed by atoms with Gasteiger partial charge in [0.1, 0.15) is 4.21 Å². The molecule has 0 amide bonds. The predicted molar refractivity (Wildman–Crippen MR) is 81.7 cm³/mol. The smallest absolute Gasteiger partial charge is 0.304 e. The normalized spacial score (nSPS) is 22.1. The number of rotatable bonds is 4. The van der Waals surface area contributed by atoms with E-state index in [1.54, 1.807) is 0 Å². The number of sulfonamides is 1. The maximum atomic E-state index is 12.3. The van der Waals surface area contributed by atoms with Gasteiger partial charge < -0.3 is 5.73 Å². The van der Waals surface area contributed by atoms with Crippen LogP contribution in [0.1, 0.15) is 39.5 Å². The summed E-state index contributed by atoms with van der Waals surface area (Å²) in [5, 5.41) is 10.7. The van der Waals surface area contributed by atoms with Crippen molar-refractivity contribution in [2.45, 2.75) is 49.8 Å². The number of nitrogens with zero attached hydrogens (tertiary/aromatic N) is 1. The molecule has 7 nitrogen and oxygen atoms in total. The van der Waals surface area contributed by atoms with Gasteiger partial charge in [0.25, 0.3) is 10.0 Å². The van der Waals surface area contributed by atoms with Crippen molar-refractivity contribution in [1.29, 1.82) is 0 Å². The van der Waals surface area contributed by atoms with Crippen LogP contribution in [0, 0.1) is 15.5 Å². The summed E-state index contributed by atoms with van der Waals surface area (Å²) >= 11 is 0.724. The minimum atomic E-state index is -3.76. The van der Waals surface area contributed by atoms with Crippen LogP contribution in [0.2, 0.25) is 0 Å². The summed E-state index contributed by atoms with van der Waals surface area (Å²) in [6.45, 7) is 4.23. The molecule has 1 unspecified atom stereocenters. The van der Waals surface area contributed by atoms with Crippen molar-refractivity contribution in [2.24, 2.45) is 5.41 Å². The maximum absolute atomic E-state index is 12.3. The molecule has 9 heteroatoms. The maximum Gasteiger partial charge on any atom is 0.304 e. The minimum Gasteiger partial charge on any atom is -0.385 e. The summed E-state index contributed by atoms with van der Waals surface area (Å²) in [6, 6.07) is 0.886. The number of hydrogen-bond acceptors (Lipinski definition) is 6. The first-order valence-corrected chi connectivity index (χ1v) is 8.97. The second-order valence-corrected chi connectivity index (χ2v) is 9.18. The zero-order valence-electron chi connectivity index (χ0n) is 12.0. The van der Waals surface area contributed by atoms with Crippen molar-refractivity contribution in [3.63, 3.8) is 0 Å². The quantitative estimate of drug-likeness (QED) is 0.648. The Morgan fingerprint density at radius 2 is 2.19 bits per heavy atom. The summed E-state index contributed by atoms with van der Waals surface area (Å²) < 4.78 is 27.2. The molecule has 3 N–H and O–H groups in total. The summed E-state index contributed by atoms with van der Waals surface area (Å²) in [5.41, 5.74) is 5.25. The summed E-state index contributed by atoms with van der Waals surface area (Å²) in [5.74, 6) is 0. The van der Waals surface area contributed by atoms with E-state index in [2.05, 4.69) is 18.6 Å². The van der Waals surface area contributed by atoms with Gasteiger partial charge in [-0.25, -0.2) is 13.1 Å². The van der Waals surface area contributed by atoms with Gasteiger partial charge in [-0.2, -0.15) is 0 Å². The van der Waals surface area contributed by atoms with Crippen LogP contribution in [0.15, 0.2) is 10.3 Å². The number of anilines is 1. The van der Waals surface area contributed by atoms with E-state index in [0.717, 1.165) is 43.1 Å². The molecule has 1 aromatic heterocycles. The van der Waals surface area contributed by atoms with Gasteiger partial charge in [0.15, 0.2) is 5.00 Å². The van der Waals surface area contributed by atoms with Crippen molar-refractivity contribution >= 4 is 32.0 Å². The molecular weight excluding hydrogens is 314 g/mol. The highest BCUT2D eigenvalue weighted by Crippen LogP contribution is 2.37. The largest absolute Gasteiger partial charge is 0.385 e. The molecule has 0 saturated heterocycles. The molecule has 21 heavy (non-hydrogen) atoms. The number of nitrogens with two attached hydrogens (primary N) is 1. The molecule has 0 spiro atoms. The highest BCUT2D eigenvalue weighted by Gasteiger charge is 2.32. The molecule has 118 valence electrons. The molecule has 1 fully saturated rings. The predicted octanol–water partition coefficient (Wildman–Crippen LogP) is 2.49. The van der Waals surface area contributed by atoms with E-state index in [1.807, 2.05) is 0 Å². The lowest BCUT2D eigenvalue weighted by molar-refractivity contribution is -0.383. The first-order chi connectivity index (χ1) is 9.61. The topological polar surface area (TPSA) is 115 Å². The molecule has 1 saturated carbocycles. The number of nitrogen functional groups attached to an aromatic ring is 1. The summed E-state index contributed by atoms with van der Waals surface area (Å²) in [4.78, 5) is 10.1. The van der Waals surface area contributed by atoms with Crippen molar-refractivity contribution in [2.75, 3.05) is 5.73 Å². The Morgan fingerprint density at radius 3 is 2.71 bits per heavy atom. The highest BCUT2D eigenvalue weighted by molar-refractivity contribution is 7.91. The zero-order valence-corrected chi connectivity index (χ0v) is 13.6. The van der Waals surface area contributed by atoms with E-state index in [9.17, 15) is 18.5 Å². The number of hydrogen-bond donors (Lipinski definition) is 2. The molecule has 0 bridgehead atoms. The third kappa shape index (κ3) is 3.72. The number of nitrogens with one attached hydrogen (secondary N) is 1. The van der Waals surface area contributed by atoms with Gasteiger partial charge in [-0.05, 0) is 24.7 Å². The molecule has 1 aliphatic rings. The fraction of sp³-hybridized carbons (Fsp3) is 0.667. The van der Waals surface area contributed by atoms with Gasteiger partial charge in [-0.15, -0.1) is 0 Å². The second-order valence-electron chi connectivity index (χ2n) is 6.15. The molecule has 2 rings (SSSR count). The molecule has 0 aliphatic heterocycles. The third-order valence-corrected chi connectivity index (χ3v) is 6.65. The molecule has 1 aliphatic carbocycles. The monoisotopic (exact) mass is 333 g/mol. The van der Waals surface area contributed by atoms with Crippen molar-refractivity contribution in [3.8, 4) is 0 Å². The molecule has 1 atom stereocenters. The van der Waals surface area contributed by atoms with E-state index < -0.39 is 14.9 Å². The van der Waals surface area contributed by atoms with Crippen molar-refractivity contribution in [1.82, 2.24) is 4.72 Å². The van der Waals surface area contributed by atoms with Gasteiger partial charge in [-0.3, -0.25) is 10.1 Å². The lowest BCUT2D eigenvalue weighted by Gasteiger charge is -2.35. The highest BCUT2D eigenvalue weighted by atomic mass is 32.2. The van der Waals surface area contributed by atoms with E-state index in [4.69, 9.17) is 5.73 Å². The Labute approximate surface area is 127 Å². The molecule has 0 aromatic carbocycles. The van der Waals surface area contributed by atoms with Gasteiger partial charge in [0, 0.05) is 12.1 Å². The third-order valence-electron chi connectivity index (χ3n) is 3.71. The average Bonchev–Trinajstić information content (AvgIpc) is 2.70.